The van der Waals surface area contributed by atoms with Gasteiger partial charge in [0.2, 0.25) is 17.8 Å². The van der Waals surface area contributed by atoms with Crippen LogP contribution in [0.2, 0.25) is 0 Å². The molecule has 41 nitrogen and oxygen atoms in total. The number of anilines is 9. The number of carboxylic acid groups (broad SMARTS) is 2. The molecular weight excluding hydrogens is 1500 g/mol. The first kappa shape index (κ1) is 93.5. The van der Waals surface area contributed by atoms with E-state index in [1.807, 2.05) is 0 Å². The number of benzene rings is 3. The number of carbonyl (C=O) groups is 9. The summed E-state index contributed by atoms with van der Waals surface area (Å²) in [5.41, 5.74) is 38.9. The fourth-order valence-corrected chi connectivity index (χ4v) is 9.50. The Bertz CT molecular complexity index is 4830. The molecule has 0 unspecified atom stereocenters. The maximum Gasteiger partial charge on any atom is 1.00 e. The molecule has 3 aromatic carbocycles. The van der Waals surface area contributed by atoms with Gasteiger partial charge in [0.1, 0.15) is 34.9 Å². The molecule has 21 N–H and O–H groups in total. The average Bonchev–Trinajstić information content (AvgIpc) is 0.819. The predicted molar refractivity (Wildman–Crippen MR) is 414 cm³/mol. The maximum absolute atomic E-state index is 12.8. The zero-order chi connectivity index (χ0) is 82.8. The number of aromatic carboxylic acids is 1. The molecule has 0 aliphatic heterocycles. The number of aliphatic carboxylic acids is 1. The fraction of sp³-hybridized carbons (Fsp3) is 0.366. The Morgan fingerprint density at radius 2 is 0.702 bits per heavy atom. The molecule has 2 amide bonds. The Labute approximate surface area is 669 Å². The topological polar surface area (TPSA) is 653 Å². The number of rotatable bonds is 27. The van der Waals surface area contributed by atoms with Gasteiger partial charge in [0.05, 0.1) is 75.1 Å². The van der Waals surface area contributed by atoms with E-state index in [-0.39, 0.29) is 115 Å². The fourth-order valence-electron chi connectivity index (χ4n) is 9.30. The van der Waals surface area contributed by atoms with Gasteiger partial charge in [-0.05, 0) is 166 Å². The molecular formula is C71H90ClLiN24O17. The van der Waals surface area contributed by atoms with E-state index < -0.39 is 82.6 Å². The molecule has 9 aromatic rings. The smallest absolute Gasteiger partial charge is 0.870 e. The molecule has 0 fully saturated rings. The van der Waals surface area contributed by atoms with Crippen LogP contribution in [0.5, 0.6) is 0 Å². The van der Waals surface area contributed by atoms with E-state index in [9.17, 15) is 43.2 Å². The third-order valence-corrected chi connectivity index (χ3v) is 14.8. The standard InChI is InChI=1S/C24H30N8O5.C23H28N8O5.C14H13N7O2.C10H18ClNO4.Li.H2O/c1-24(2,3)37-22(35)16(9-10-17(33)36-4)30-21(34)13-5-7-14(8-6-13)27-11-15-12-28-20-18(29-15)19(25)31-23(26)32-20;1-23(2,3)36-21(35)15(8-9-16(32)33)29-20(34)12-4-6-13(7-5-12)26-10-14-11-27-19-17(28-14)18(24)30-22(25)31-19;15-11-10-12(21-14(16)20-11)18-6-9(19-10)5-17-8-3-1-7(2-4-8)13(22)23;1-10(2,3)16-9(14)7(12-11)5-6-8(13)15-4;;/h5-8,12,16,27H,9-11H2,1-4H3,(H,30,34)(H4,25,26,28,31,32);4-7,11,15,26H,8-10H2,1-3H3,(H,29,34)(H,32,33)(H4,24,25,27,30,31);1-4,6,17H,5H2,(H,22,23)(H4,15,16,18,20,21);7,12H,5-6H2,1-4H3;;1H2/q;;;;+1;/p-1/t16-;15-;;7-;;/m00.0../s1. The summed E-state index contributed by atoms with van der Waals surface area (Å²) in [7, 11) is 2.55. The summed E-state index contributed by atoms with van der Waals surface area (Å²) < 4.78 is 24.9. The molecule has 0 radical (unpaired) electrons. The number of nitrogens with zero attached hydrogens (tertiary/aromatic N) is 12. The van der Waals surface area contributed by atoms with E-state index in [4.69, 9.17) is 70.6 Å². The molecule has 0 bridgehead atoms. The van der Waals surface area contributed by atoms with Crippen molar-refractivity contribution in [2.24, 2.45) is 0 Å². The van der Waals surface area contributed by atoms with Gasteiger partial charge in [-0.1, -0.05) is 0 Å². The Morgan fingerprint density at radius 1 is 0.421 bits per heavy atom. The number of hydrogen-bond acceptors (Lipinski definition) is 37. The van der Waals surface area contributed by atoms with Crippen LogP contribution in [0.25, 0.3) is 33.5 Å². The summed E-state index contributed by atoms with van der Waals surface area (Å²) >= 11 is 5.41. The van der Waals surface area contributed by atoms with Crippen molar-refractivity contribution >= 4 is 151 Å². The van der Waals surface area contributed by atoms with Gasteiger partial charge < -0.3 is 100 Å². The summed E-state index contributed by atoms with van der Waals surface area (Å²) in [5.74, 6) is -5.20. The number of nitrogens with two attached hydrogens (primary N) is 6. The molecule has 114 heavy (non-hydrogen) atoms. The van der Waals surface area contributed by atoms with Crippen LogP contribution >= 0.6 is 11.8 Å². The minimum absolute atomic E-state index is 0. The second-order valence-electron chi connectivity index (χ2n) is 27.1. The van der Waals surface area contributed by atoms with E-state index in [1.165, 1.54) is 32.5 Å². The molecule has 0 aliphatic carbocycles. The number of halogens is 1. The predicted octanol–water partition coefficient (Wildman–Crippen LogP) is 2.21. The number of hydrogen-bond donors (Lipinski definition) is 14. The van der Waals surface area contributed by atoms with Gasteiger partial charge in [0.25, 0.3) is 11.8 Å². The van der Waals surface area contributed by atoms with Crippen molar-refractivity contribution in [2.45, 2.75) is 155 Å². The summed E-state index contributed by atoms with van der Waals surface area (Å²) in [6.45, 7) is 16.5. The Hall–Kier alpha value is -12.8. The minimum Gasteiger partial charge on any atom is -0.870 e. The number of carboxylic acids is 2. The van der Waals surface area contributed by atoms with Crippen molar-refractivity contribution in [3.05, 3.63) is 125 Å². The van der Waals surface area contributed by atoms with Crippen LogP contribution in [0.3, 0.4) is 0 Å². The molecule has 0 aliphatic rings. The van der Waals surface area contributed by atoms with Crippen molar-refractivity contribution in [1.29, 1.82) is 0 Å². The first-order valence-electron chi connectivity index (χ1n) is 34.1. The number of esters is 5. The first-order chi connectivity index (χ1) is 52.7. The number of aromatic nitrogens is 12. The summed E-state index contributed by atoms with van der Waals surface area (Å²) in [6.07, 6.45) is 4.61. The second kappa shape index (κ2) is 43.1. The van der Waals surface area contributed by atoms with Gasteiger partial charge in [-0.15, -0.1) is 0 Å². The molecule has 604 valence electrons. The Morgan fingerprint density at radius 3 is 0.974 bits per heavy atom. The number of fused-ring (bicyclic) bond motifs is 3. The second-order valence-corrected chi connectivity index (χ2v) is 27.3. The molecule has 0 saturated heterocycles. The van der Waals surface area contributed by atoms with Crippen LogP contribution in [0.1, 0.15) is 149 Å². The SMILES string of the molecule is CC(C)(C)OC(=O)[C@H](CCC(=O)O)NC(=O)c1ccc(NCc2cnc3nc(N)nc(N)c3n2)cc1.COC(=O)CC[C@H](NC(=O)c1ccc(NCc2cnc3nc(N)nc(N)c3n2)cc1)C(=O)OC(C)(C)C.COC(=O)CC[C@H](NCl)C(=O)OC(C)(C)C.Nc1nc(N)c2nc(CNc3ccc(C(=O)O)cc3)cnc2n1.[Li+].[OH-]. The molecule has 0 saturated carbocycles. The zero-order valence-electron chi connectivity index (χ0n) is 64.5. The molecule has 6 aromatic heterocycles. The third kappa shape index (κ3) is 31.1. The van der Waals surface area contributed by atoms with Crippen molar-refractivity contribution in [3.8, 4) is 0 Å². The van der Waals surface area contributed by atoms with Crippen molar-refractivity contribution in [2.75, 3.05) is 64.6 Å². The Balaban J connectivity index is 0.000000333. The van der Waals surface area contributed by atoms with E-state index >= 15 is 0 Å². The van der Waals surface area contributed by atoms with Crippen LogP contribution in [-0.2, 0) is 72.1 Å². The van der Waals surface area contributed by atoms with Crippen LogP contribution in [0, 0.1) is 0 Å². The van der Waals surface area contributed by atoms with Gasteiger partial charge in [0.15, 0.2) is 50.9 Å². The van der Waals surface area contributed by atoms with Crippen molar-refractivity contribution in [3.63, 3.8) is 0 Å². The van der Waals surface area contributed by atoms with Crippen LogP contribution in [-0.4, -0.2) is 178 Å². The summed E-state index contributed by atoms with van der Waals surface area (Å²) in [4.78, 5) is 158. The van der Waals surface area contributed by atoms with E-state index in [1.54, 1.807) is 135 Å². The van der Waals surface area contributed by atoms with Crippen LogP contribution < -0.4 is 84.7 Å². The molecule has 3 atom stereocenters. The molecule has 6 heterocycles. The zero-order valence-corrected chi connectivity index (χ0v) is 65.3. The van der Waals surface area contributed by atoms with Crippen LogP contribution in [0.15, 0.2) is 91.4 Å². The largest absolute Gasteiger partial charge is 1.00 e. The van der Waals surface area contributed by atoms with E-state index in [2.05, 4.69) is 101 Å². The summed E-state index contributed by atoms with van der Waals surface area (Å²) in [5, 5.41) is 32.5. The van der Waals surface area contributed by atoms with Crippen molar-refractivity contribution < 1.29 is 101 Å². The normalized spacial score (nSPS) is 11.7. The average molecular weight is 1590 g/mol. The van der Waals surface area contributed by atoms with Gasteiger partial charge >= 0.3 is 60.6 Å². The Kier molecular flexibility index (Phi) is 35.4. The molecule has 0 spiro atoms. The third-order valence-electron chi connectivity index (χ3n) is 14.5. The monoisotopic (exact) mass is 1590 g/mol. The maximum atomic E-state index is 12.8. The number of amides is 2. The number of nitrogens with one attached hydrogen (secondary N) is 6. The molecule has 43 heteroatoms. The first-order valence-corrected chi connectivity index (χ1v) is 34.5. The van der Waals surface area contributed by atoms with E-state index in [0.29, 0.717) is 87.1 Å². The van der Waals surface area contributed by atoms with E-state index in [0.717, 1.165) is 5.69 Å². The number of nitrogen functional groups attached to an aromatic ring is 6. The minimum atomic E-state index is -1.09. The quantitative estimate of drug-likeness (QED) is 0.0152. The number of carbonyl (C=O) groups excluding carboxylic acids is 7. The van der Waals surface area contributed by atoms with Gasteiger partial charge in [-0.2, -0.15) is 29.9 Å². The van der Waals surface area contributed by atoms with Gasteiger partial charge in [-0.3, -0.25) is 28.8 Å². The van der Waals surface area contributed by atoms with Gasteiger partial charge in [-0.25, -0.2) is 49.1 Å². The number of ether oxygens (including phenoxy) is 5. The number of methoxy groups -OCH3 is 2. The summed E-state index contributed by atoms with van der Waals surface area (Å²) in [6, 6.07) is 16.7. The van der Waals surface area contributed by atoms with Crippen molar-refractivity contribution in [1.82, 2.24) is 75.3 Å². The van der Waals surface area contributed by atoms with Crippen LogP contribution in [0.4, 0.5) is 52.4 Å². The van der Waals surface area contributed by atoms with Gasteiger partial charge in [0, 0.05) is 47.5 Å². The molecule has 9 rings (SSSR count).